The normalized spacial score (nSPS) is 13.1. The number of hydrogen-bond acceptors (Lipinski definition) is 6. The van der Waals surface area contributed by atoms with E-state index in [1.54, 1.807) is 4.72 Å². The number of carboxylic acids is 1. The first-order valence-electron chi connectivity index (χ1n) is 4.73. The standard InChI is InChI=1S/C8H15NO7S/c1-16-7(11)3-2-4-17(14,15)9-6(5-10)8(12)13/h6,9-10H,2-5H2,1H3,(H,12,13)/t6-/m0/s1. The lowest BCUT2D eigenvalue weighted by atomic mass is 10.3. The number of ether oxygens (including phenoxy) is 1. The molecule has 0 fully saturated rings. The van der Waals surface area contributed by atoms with Gasteiger partial charge in [0.05, 0.1) is 19.5 Å². The average molecular weight is 269 g/mol. The number of esters is 1. The van der Waals surface area contributed by atoms with E-state index in [1.165, 1.54) is 7.11 Å². The molecule has 0 aromatic heterocycles. The summed E-state index contributed by atoms with van der Waals surface area (Å²) in [5, 5.41) is 17.2. The smallest absolute Gasteiger partial charge is 0.324 e. The molecular weight excluding hydrogens is 254 g/mol. The number of aliphatic hydroxyl groups is 1. The molecule has 17 heavy (non-hydrogen) atoms. The number of rotatable bonds is 8. The second kappa shape index (κ2) is 7.20. The largest absolute Gasteiger partial charge is 0.480 e. The summed E-state index contributed by atoms with van der Waals surface area (Å²) < 4.78 is 28.8. The van der Waals surface area contributed by atoms with Gasteiger partial charge in [-0.25, -0.2) is 8.42 Å². The molecule has 0 unspecified atom stereocenters. The summed E-state index contributed by atoms with van der Waals surface area (Å²) in [5.41, 5.74) is 0. The molecule has 0 saturated carbocycles. The maximum absolute atomic E-state index is 11.3. The van der Waals surface area contributed by atoms with Crippen molar-refractivity contribution in [2.45, 2.75) is 18.9 Å². The minimum atomic E-state index is -3.84. The highest BCUT2D eigenvalue weighted by Gasteiger charge is 2.22. The first-order valence-corrected chi connectivity index (χ1v) is 6.38. The molecule has 100 valence electrons. The summed E-state index contributed by atoms with van der Waals surface area (Å²) >= 11 is 0. The van der Waals surface area contributed by atoms with Crippen molar-refractivity contribution in [2.24, 2.45) is 0 Å². The molecule has 1 atom stereocenters. The lowest BCUT2D eigenvalue weighted by molar-refractivity contribution is -0.141. The molecule has 0 aromatic carbocycles. The third-order valence-corrected chi connectivity index (χ3v) is 3.29. The summed E-state index contributed by atoms with van der Waals surface area (Å²) in [4.78, 5) is 21.2. The van der Waals surface area contributed by atoms with Crippen LogP contribution in [0.15, 0.2) is 0 Å². The maximum atomic E-state index is 11.3. The van der Waals surface area contributed by atoms with Crippen LogP contribution in [0.3, 0.4) is 0 Å². The van der Waals surface area contributed by atoms with Gasteiger partial charge in [-0.3, -0.25) is 9.59 Å². The van der Waals surface area contributed by atoms with Crippen LogP contribution >= 0.6 is 0 Å². The highest BCUT2D eigenvalue weighted by Crippen LogP contribution is 1.98. The van der Waals surface area contributed by atoms with E-state index in [0.29, 0.717) is 0 Å². The Morgan fingerprint density at radius 1 is 1.41 bits per heavy atom. The molecule has 0 saturated heterocycles. The van der Waals surface area contributed by atoms with Crippen molar-refractivity contribution in [3.8, 4) is 0 Å². The van der Waals surface area contributed by atoms with Gasteiger partial charge in [-0.15, -0.1) is 0 Å². The molecule has 0 rings (SSSR count). The van der Waals surface area contributed by atoms with Crippen LogP contribution in [0.2, 0.25) is 0 Å². The summed E-state index contributed by atoms with van der Waals surface area (Å²) in [6.07, 6.45) is -0.0615. The molecular formula is C8H15NO7S. The van der Waals surface area contributed by atoms with Crippen molar-refractivity contribution in [1.29, 1.82) is 0 Å². The van der Waals surface area contributed by atoms with Crippen LogP contribution in [-0.4, -0.2) is 56.1 Å². The van der Waals surface area contributed by atoms with Gasteiger partial charge in [0.15, 0.2) is 0 Å². The molecule has 0 aliphatic rings. The first kappa shape index (κ1) is 15.8. The van der Waals surface area contributed by atoms with Gasteiger partial charge in [0.1, 0.15) is 6.04 Å². The number of aliphatic carboxylic acids is 1. The highest BCUT2D eigenvalue weighted by molar-refractivity contribution is 7.89. The quantitative estimate of drug-likeness (QED) is 0.448. The van der Waals surface area contributed by atoms with E-state index in [-0.39, 0.29) is 12.8 Å². The third kappa shape index (κ3) is 6.87. The molecule has 0 aliphatic heterocycles. The van der Waals surface area contributed by atoms with Gasteiger partial charge >= 0.3 is 11.9 Å². The Bertz CT molecular complexity index is 364. The van der Waals surface area contributed by atoms with Crippen molar-refractivity contribution in [1.82, 2.24) is 4.72 Å². The lowest BCUT2D eigenvalue weighted by Gasteiger charge is -2.11. The van der Waals surface area contributed by atoms with Crippen LogP contribution in [0.1, 0.15) is 12.8 Å². The van der Waals surface area contributed by atoms with Crippen molar-refractivity contribution < 1.29 is 33.0 Å². The fourth-order valence-electron chi connectivity index (χ4n) is 0.950. The Kier molecular flexibility index (Phi) is 6.69. The number of carboxylic acid groups (broad SMARTS) is 1. The molecule has 3 N–H and O–H groups in total. The van der Waals surface area contributed by atoms with E-state index in [9.17, 15) is 18.0 Å². The molecule has 0 amide bonds. The molecule has 9 heteroatoms. The summed E-state index contributed by atoms with van der Waals surface area (Å²) in [6.45, 7) is -0.842. The summed E-state index contributed by atoms with van der Waals surface area (Å²) in [5.74, 6) is -2.42. The predicted molar refractivity (Wildman–Crippen MR) is 56.7 cm³/mol. The zero-order valence-corrected chi connectivity index (χ0v) is 10.1. The number of nitrogens with one attached hydrogen (secondary N) is 1. The fraction of sp³-hybridized carbons (Fsp3) is 0.750. The van der Waals surface area contributed by atoms with E-state index < -0.39 is 40.4 Å². The van der Waals surface area contributed by atoms with Crippen LogP contribution in [0.5, 0.6) is 0 Å². The molecule has 0 radical (unpaired) electrons. The zero-order valence-electron chi connectivity index (χ0n) is 9.25. The summed E-state index contributed by atoms with van der Waals surface area (Å²) in [7, 11) is -2.66. The van der Waals surface area contributed by atoms with Crippen LogP contribution in [-0.2, 0) is 24.3 Å². The number of hydrogen-bond donors (Lipinski definition) is 3. The topological polar surface area (TPSA) is 130 Å². The van der Waals surface area contributed by atoms with Crippen molar-refractivity contribution in [3.63, 3.8) is 0 Å². The minimum Gasteiger partial charge on any atom is -0.480 e. The van der Waals surface area contributed by atoms with Gasteiger partial charge in [-0.1, -0.05) is 0 Å². The second-order valence-corrected chi connectivity index (χ2v) is 5.06. The lowest BCUT2D eigenvalue weighted by Crippen LogP contribution is -2.44. The fourth-order valence-corrected chi connectivity index (χ4v) is 2.20. The Balaban J connectivity index is 4.20. The Hall–Kier alpha value is -1.19. The van der Waals surface area contributed by atoms with Crippen LogP contribution < -0.4 is 4.72 Å². The monoisotopic (exact) mass is 269 g/mol. The maximum Gasteiger partial charge on any atom is 0.324 e. The number of methoxy groups -OCH3 is 1. The Morgan fingerprint density at radius 2 is 2.00 bits per heavy atom. The van der Waals surface area contributed by atoms with Gasteiger partial charge in [-0.2, -0.15) is 4.72 Å². The van der Waals surface area contributed by atoms with Gasteiger partial charge in [0.2, 0.25) is 10.0 Å². The minimum absolute atomic E-state index is 0.0137. The van der Waals surface area contributed by atoms with Crippen LogP contribution in [0.25, 0.3) is 0 Å². The van der Waals surface area contributed by atoms with Gasteiger partial charge in [0, 0.05) is 6.42 Å². The van der Waals surface area contributed by atoms with Gasteiger partial charge < -0.3 is 14.9 Å². The van der Waals surface area contributed by atoms with Crippen molar-refractivity contribution in [2.75, 3.05) is 19.5 Å². The number of sulfonamides is 1. The van der Waals surface area contributed by atoms with Crippen LogP contribution in [0.4, 0.5) is 0 Å². The molecule has 0 aromatic rings. The van der Waals surface area contributed by atoms with E-state index in [2.05, 4.69) is 4.74 Å². The van der Waals surface area contributed by atoms with Gasteiger partial charge in [0.25, 0.3) is 0 Å². The number of carbonyl (C=O) groups is 2. The van der Waals surface area contributed by atoms with E-state index >= 15 is 0 Å². The SMILES string of the molecule is COC(=O)CCCS(=O)(=O)N[C@@H](CO)C(=O)O. The van der Waals surface area contributed by atoms with Crippen LogP contribution in [0, 0.1) is 0 Å². The molecule has 0 spiro atoms. The van der Waals surface area contributed by atoms with Gasteiger partial charge in [-0.05, 0) is 6.42 Å². The third-order valence-electron chi connectivity index (χ3n) is 1.82. The van der Waals surface area contributed by atoms with E-state index in [4.69, 9.17) is 10.2 Å². The van der Waals surface area contributed by atoms with Crippen molar-refractivity contribution in [3.05, 3.63) is 0 Å². The van der Waals surface area contributed by atoms with E-state index in [1.807, 2.05) is 0 Å². The average Bonchev–Trinajstić information content (AvgIpc) is 2.25. The molecule has 0 bridgehead atoms. The Labute approximate surface area is 98.6 Å². The molecule has 0 aliphatic carbocycles. The first-order chi connectivity index (χ1) is 7.82. The number of carbonyl (C=O) groups excluding carboxylic acids is 1. The molecule has 0 heterocycles. The summed E-state index contributed by atoms with van der Waals surface area (Å²) in [6, 6.07) is -1.57. The second-order valence-electron chi connectivity index (χ2n) is 3.19. The molecule has 8 nitrogen and oxygen atoms in total. The number of aliphatic hydroxyl groups excluding tert-OH is 1. The Morgan fingerprint density at radius 3 is 2.41 bits per heavy atom. The highest BCUT2D eigenvalue weighted by atomic mass is 32.2. The van der Waals surface area contributed by atoms with E-state index in [0.717, 1.165) is 0 Å². The predicted octanol–water partition coefficient (Wildman–Crippen LogP) is -1.70. The zero-order chi connectivity index (χ0) is 13.5. The van der Waals surface area contributed by atoms with Crippen molar-refractivity contribution >= 4 is 22.0 Å².